The van der Waals surface area contributed by atoms with Gasteiger partial charge in [0.2, 0.25) is 0 Å². The normalized spacial score (nSPS) is 10.4. The molecule has 0 aromatic carbocycles. The molecule has 0 N–H and O–H groups in total. The Kier molecular flexibility index (Phi) is 3.51. The highest BCUT2D eigenvalue weighted by Gasteiger charge is 2.15. The monoisotopic (exact) mass is 265 g/mol. The van der Waals surface area contributed by atoms with Crippen molar-refractivity contribution in [3.63, 3.8) is 0 Å². The van der Waals surface area contributed by atoms with Crippen LogP contribution in [0, 0.1) is 0 Å². The van der Waals surface area contributed by atoms with Crippen LogP contribution < -0.4 is 0 Å². The van der Waals surface area contributed by atoms with Gasteiger partial charge in [0.25, 0.3) is 6.43 Å². The number of hydrogen-bond donors (Lipinski definition) is 0. The van der Waals surface area contributed by atoms with E-state index in [0.717, 1.165) is 6.20 Å². The minimum atomic E-state index is -2.62. The molecule has 6 heteroatoms. The van der Waals surface area contributed by atoms with Gasteiger partial charge in [-0.2, -0.15) is 0 Å². The summed E-state index contributed by atoms with van der Waals surface area (Å²) in [6.07, 6.45) is -1.68. The number of ether oxygens (including phenoxy) is 1. The van der Waals surface area contributed by atoms with E-state index in [-0.39, 0.29) is 15.7 Å². The molecular formula is C8H6BrF2NO2. The number of hydrogen-bond acceptors (Lipinski definition) is 3. The maximum atomic E-state index is 12.3. The molecule has 0 atom stereocenters. The first-order valence-electron chi connectivity index (χ1n) is 3.58. The van der Waals surface area contributed by atoms with E-state index in [0.29, 0.717) is 0 Å². The molecule has 0 aliphatic heterocycles. The highest BCUT2D eigenvalue weighted by molar-refractivity contribution is 9.10. The molecule has 0 bridgehead atoms. The molecule has 14 heavy (non-hydrogen) atoms. The first-order chi connectivity index (χ1) is 6.56. The van der Waals surface area contributed by atoms with Crippen molar-refractivity contribution in [2.24, 2.45) is 0 Å². The highest BCUT2D eigenvalue weighted by Crippen LogP contribution is 2.26. The number of rotatable bonds is 2. The second kappa shape index (κ2) is 4.45. The van der Waals surface area contributed by atoms with Crippen LogP contribution in [-0.4, -0.2) is 18.1 Å². The zero-order valence-electron chi connectivity index (χ0n) is 7.13. The van der Waals surface area contributed by atoms with Gasteiger partial charge in [-0.25, -0.2) is 18.6 Å². The van der Waals surface area contributed by atoms with Crippen molar-refractivity contribution in [2.75, 3.05) is 7.11 Å². The lowest BCUT2D eigenvalue weighted by Gasteiger charge is -2.03. The Hall–Kier alpha value is -1.04. The summed E-state index contributed by atoms with van der Waals surface area (Å²) in [6, 6.07) is 1.20. The van der Waals surface area contributed by atoms with Gasteiger partial charge in [-0.15, -0.1) is 0 Å². The Morgan fingerprint density at radius 3 is 2.71 bits per heavy atom. The summed E-state index contributed by atoms with van der Waals surface area (Å²) >= 11 is 2.92. The number of methoxy groups -OCH3 is 1. The van der Waals surface area contributed by atoms with Crippen molar-refractivity contribution in [2.45, 2.75) is 6.43 Å². The number of aromatic nitrogens is 1. The fourth-order valence-corrected chi connectivity index (χ4v) is 1.31. The topological polar surface area (TPSA) is 39.2 Å². The molecule has 0 spiro atoms. The molecular weight excluding hydrogens is 260 g/mol. The molecule has 76 valence electrons. The van der Waals surface area contributed by atoms with Crippen LogP contribution >= 0.6 is 15.9 Å². The van der Waals surface area contributed by atoms with Crippen molar-refractivity contribution in [3.8, 4) is 0 Å². The number of pyridine rings is 1. The zero-order chi connectivity index (χ0) is 10.7. The van der Waals surface area contributed by atoms with E-state index in [9.17, 15) is 13.6 Å². The largest absolute Gasteiger partial charge is 0.464 e. The molecule has 0 unspecified atom stereocenters. The van der Waals surface area contributed by atoms with Crippen LogP contribution in [-0.2, 0) is 4.74 Å². The van der Waals surface area contributed by atoms with E-state index >= 15 is 0 Å². The molecule has 1 heterocycles. The van der Waals surface area contributed by atoms with Crippen molar-refractivity contribution < 1.29 is 18.3 Å². The summed E-state index contributed by atoms with van der Waals surface area (Å²) in [5, 5.41) is 0. The smallest absolute Gasteiger partial charge is 0.356 e. The van der Waals surface area contributed by atoms with Crippen molar-refractivity contribution in [1.82, 2.24) is 4.98 Å². The first-order valence-corrected chi connectivity index (χ1v) is 4.37. The van der Waals surface area contributed by atoms with Gasteiger partial charge >= 0.3 is 5.97 Å². The van der Waals surface area contributed by atoms with Crippen LogP contribution in [0.3, 0.4) is 0 Å². The average molecular weight is 266 g/mol. The minimum Gasteiger partial charge on any atom is -0.464 e. The quantitative estimate of drug-likeness (QED) is 0.772. The number of nitrogens with zero attached hydrogens (tertiary/aromatic N) is 1. The van der Waals surface area contributed by atoms with Crippen molar-refractivity contribution in [3.05, 3.63) is 28.0 Å². The minimum absolute atomic E-state index is 0.0104. The predicted octanol–water partition coefficient (Wildman–Crippen LogP) is 2.57. The fraction of sp³-hybridized carbons (Fsp3) is 0.250. The maximum absolute atomic E-state index is 12.3. The number of carbonyl (C=O) groups excluding carboxylic acids is 1. The first kappa shape index (κ1) is 11.0. The van der Waals surface area contributed by atoms with Crippen LogP contribution in [0.5, 0.6) is 0 Å². The zero-order valence-corrected chi connectivity index (χ0v) is 8.72. The van der Waals surface area contributed by atoms with Gasteiger partial charge in [0, 0.05) is 10.7 Å². The molecule has 0 amide bonds. The predicted molar refractivity (Wildman–Crippen MR) is 48.2 cm³/mol. The van der Waals surface area contributed by atoms with Gasteiger partial charge in [-0.3, -0.25) is 0 Å². The van der Waals surface area contributed by atoms with Crippen LogP contribution in [0.4, 0.5) is 8.78 Å². The molecule has 1 rings (SSSR count). The summed E-state index contributed by atoms with van der Waals surface area (Å²) in [5.74, 6) is -0.661. The van der Waals surface area contributed by atoms with Crippen LogP contribution in [0.2, 0.25) is 0 Å². The van der Waals surface area contributed by atoms with E-state index in [1.165, 1.54) is 13.2 Å². The van der Waals surface area contributed by atoms with Crippen LogP contribution in [0.1, 0.15) is 22.5 Å². The van der Waals surface area contributed by atoms with Gasteiger partial charge in [-0.05, 0) is 6.07 Å². The van der Waals surface area contributed by atoms with E-state index in [4.69, 9.17) is 0 Å². The van der Waals surface area contributed by atoms with E-state index in [1.807, 2.05) is 0 Å². The van der Waals surface area contributed by atoms with Crippen LogP contribution in [0.25, 0.3) is 0 Å². The van der Waals surface area contributed by atoms with Crippen molar-refractivity contribution >= 4 is 21.9 Å². The number of halogens is 3. The lowest BCUT2D eigenvalue weighted by Crippen LogP contribution is -2.05. The summed E-state index contributed by atoms with van der Waals surface area (Å²) in [7, 11) is 1.19. The molecule has 0 radical (unpaired) electrons. The average Bonchev–Trinajstić information content (AvgIpc) is 2.15. The summed E-state index contributed by atoms with van der Waals surface area (Å²) in [6.45, 7) is 0. The van der Waals surface area contributed by atoms with Gasteiger partial charge < -0.3 is 4.74 Å². The van der Waals surface area contributed by atoms with Crippen molar-refractivity contribution in [1.29, 1.82) is 0 Å². The van der Waals surface area contributed by atoms with Gasteiger partial charge in [0.1, 0.15) is 5.69 Å². The van der Waals surface area contributed by atoms with E-state index in [2.05, 4.69) is 25.7 Å². The molecule has 3 nitrogen and oxygen atoms in total. The van der Waals surface area contributed by atoms with Gasteiger partial charge in [-0.1, -0.05) is 15.9 Å². The van der Waals surface area contributed by atoms with Gasteiger partial charge in [0.05, 0.1) is 12.7 Å². The molecule has 0 saturated carbocycles. The fourth-order valence-electron chi connectivity index (χ4n) is 0.818. The third-order valence-electron chi connectivity index (χ3n) is 1.51. The van der Waals surface area contributed by atoms with Crippen LogP contribution in [0.15, 0.2) is 16.7 Å². The molecule has 1 aromatic heterocycles. The Balaban J connectivity index is 3.06. The third-order valence-corrected chi connectivity index (χ3v) is 2.20. The Bertz CT molecular complexity index is 357. The lowest BCUT2D eigenvalue weighted by atomic mass is 10.2. The Morgan fingerprint density at radius 1 is 1.64 bits per heavy atom. The standard InChI is InChI=1S/C8H6BrF2NO2/c1-14-8(13)6-2-5(9)4(3-12-6)7(10)11/h2-3,7H,1H3. The molecule has 0 aliphatic carbocycles. The number of esters is 1. The lowest BCUT2D eigenvalue weighted by molar-refractivity contribution is 0.0593. The second-order valence-corrected chi connectivity index (χ2v) is 3.24. The maximum Gasteiger partial charge on any atom is 0.356 e. The summed E-state index contributed by atoms with van der Waals surface area (Å²) in [5.41, 5.74) is -0.263. The molecule has 0 aliphatic rings. The second-order valence-electron chi connectivity index (χ2n) is 2.38. The molecule has 0 saturated heterocycles. The number of alkyl halides is 2. The third kappa shape index (κ3) is 2.25. The highest BCUT2D eigenvalue weighted by atomic mass is 79.9. The molecule has 1 aromatic rings. The Morgan fingerprint density at radius 2 is 2.29 bits per heavy atom. The SMILES string of the molecule is COC(=O)c1cc(Br)c(C(F)F)cn1. The van der Waals surface area contributed by atoms with E-state index in [1.54, 1.807) is 0 Å². The summed E-state index contributed by atoms with van der Waals surface area (Å²) < 4.78 is 29.0. The van der Waals surface area contributed by atoms with E-state index < -0.39 is 12.4 Å². The molecule has 0 fully saturated rings. The summed E-state index contributed by atoms with van der Waals surface area (Å²) in [4.78, 5) is 14.5. The Labute approximate surface area is 87.2 Å². The number of carbonyl (C=O) groups is 1. The van der Waals surface area contributed by atoms with Gasteiger partial charge in [0.15, 0.2) is 0 Å².